The first kappa shape index (κ1) is 18.8. The Morgan fingerprint density at radius 1 is 1.14 bits per heavy atom. The van der Waals surface area contributed by atoms with E-state index in [1.54, 1.807) is 0 Å². The number of nitrogen functional groups attached to an aromatic ring is 1. The molecule has 0 aromatic heterocycles. The van der Waals surface area contributed by atoms with Crippen LogP contribution in [0.15, 0.2) is 18.2 Å². The zero-order valence-corrected chi connectivity index (χ0v) is 14.5. The van der Waals surface area contributed by atoms with Crippen LogP contribution in [0.5, 0.6) is 5.75 Å². The molecule has 0 aliphatic rings. The summed E-state index contributed by atoms with van der Waals surface area (Å²) in [5.74, 6) is 0.808. The van der Waals surface area contributed by atoms with Gasteiger partial charge in [0.05, 0.1) is 12.3 Å². The van der Waals surface area contributed by atoms with Gasteiger partial charge < -0.3 is 20.7 Å². The van der Waals surface area contributed by atoms with Crippen molar-refractivity contribution >= 4 is 5.69 Å². The molecule has 0 fully saturated rings. The molecule has 0 aliphatic heterocycles. The summed E-state index contributed by atoms with van der Waals surface area (Å²) >= 11 is 0. The second kappa shape index (κ2) is 11.3. The van der Waals surface area contributed by atoms with Gasteiger partial charge in [0.25, 0.3) is 0 Å². The number of hydrogen-bond donors (Lipinski definition) is 2. The van der Waals surface area contributed by atoms with Crippen molar-refractivity contribution in [1.29, 1.82) is 0 Å². The van der Waals surface area contributed by atoms with Gasteiger partial charge in [0, 0.05) is 13.1 Å². The van der Waals surface area contributed by atoms with Gasteiger partial charge in [-0.05, 0) is 56.6 Å². The molecule has 22 heavy (non-hydrogen) atoms. The molecule has 0 aliphatic carbocycles. The van der Waals surface area contributed by atoms with E-state index in [9.17, 15) is 0 Å². The molecule has 4 nitrogen and oxygen atoms in total. The molecular formula is C18H33N3O. The highest BCUT2D eigenvalue weighted by atomic mass is 16.5. The van der Waals surface area contributed by atoms with Gasteiger partial charge in [-0.2, -0.15) is 0 Å². The van der Waals surface area contributed by atoms with Crippen molar-refractivity contribution in [3.63, 3.8) is 0 Å². The Hall–Kier alpha value is -1.26. The average Bonchev–Trinajstić information content (AvgIpc) is 2.53. The van der Waals surface area contributed by atoms with Gasteiger partial charge in [-0.15, -0.1) is 0 Å². The standard InChI is InChI=1S/C18H33N3O/c1-4-14-22-18-10-9-16(15-17(18)19)8-7-11-20-12-13-21(5-2)6-3/h9-10,15,20H,4-8,11-14,19H2,1-3H3. The maximum Gasteiger partial charge on any atom is 0.142 e. The number of aryl methyl sites for hydroxylation is 1. The molecule has 0 unspecified atom stereocenters. The highest BCUT2D eigenvalue weighted by molar-refractivity contribution is 5.54. The van der Waals surface area contributed by atoms with Gasteiger partial charge in [-0.25, -0.2) is 0 Å². The van der Waals surface area contributed by atoms with Crippen LogP contribution in [0.3, 0.4) is 0 Å². The number of nitrogens with two attached hydrogens (primary N) is 1. The lowest BCUT2D eigenvalue weighted by atomic mass is 10.1. The number of anilines is 1. The second-order valence-corrected chi connectivity index (χ2v) is 5.60. The van der Waals surface area contributed by atoms with Crippen LogP contribution in [0.4, 0.5) is 5.69 Å². The van der Waals surface area contributed by atoms with E-state index in [1.165, 1.54) is 5.56 Å². The molecular weight excluding hydrogens is 274 g/mol. The summed E-state index contributed by atoms with van der Waals surface area (Å²) < 4.78 is 5.60. The highest BCUT2D eigenvalue weighted by Gasteiger charge is 2.02. The largest absolute Gasteiger partial charge is 0.491 e. The Morgan fingerprint density at radius 3 is 2.55 bits per heavy atom. The summed E-state index contributed by atoms with van der Waals surface area (Å²) in [5.41, 5.74) is 8.07. The lowest BCUT2D eigenvalue weighted by Crippen LogP contribution is -2.32. The minimum atomic E-state index is 0.722. The first-order valence-electron chi connectivity index (χ1n) is 8.65. The van der Waals surface area contributed by atoms with E-state index < -0.39 is 0 Å². The minimum Gasteiger partial charge on any atom is -0.491 e. The molecule has 3 N–H and O–H groups in total. The second-order valence-electron chi connectivity index (χ2n) is 5.60. The molecule has 0 spiro atoms. The molecule has 126 valence electrons. The van der Waals surface area contributed by atoms with Crippen molar-refractivity contribution in [3.8, 4) is 5.75 Å². The number of rotatable bonds is 12. The van der Waals surface area contributed by atoms with Crippen LogP contribution in [0, 0.1) is 0 Å². The van der Waals surface area contributed by atoms with Crippen LogP contribution in [-0.2, 0) is 6.42 Å². The van der Waals surface area contributed by atoms with E-state index in [1.807, 2.05) is 12.1 Å². The van der Waals surface area contributed by atoms with E-state index in [0.29, 0.717) is 0 Å². The Bertz CT molecular complexity index is 405. The summed E-state index contributed by atoms with van der Waals surface area (Å²) in [7, 11) is 0. The molecule has 0 saturated carbocycles. The third-order valence-electron chi connectivity index (χ3n) is 3.85. The van der Waals surface area contributed by atoms with E-state index in [2.05, 4.69) is 37.1 Å². The number of nitrogens with zero attached hydrogens (tertiary/aromatic N) is 1. The molecule has 0 radical (unpaired) electrons. The Morgan fingerprint density at radius 2 is 1.91 bits per heavy atom. The van der Waals surface area contributed by atoms with Gasteiger partial charge >= 0.3 is 0 Å². The van der Waals surface area contributed by atoms with E-state index in [4.69, 9.17) is 10.5 Å². The molecule has 0 atom stereocenters. The fraction of sp³-hybridized carbons (Fsp3) is 0.667. The number of likely N-dealkylation sites (N-methyl/N-ethyl adjacent to an activating group) is 1. The Balaban J connectivity index is 2.21. The van der Waals surface area contributed by atoms with Crippen LogP contribution < -0.4 is 15.8 Å². The van der Waals surface area contributed by atoms with Crippen LogP contribution in [0.1, 0.15) is 39.2 Å². The maximum absolute atomic E-state index is 6.03. The fourth-order valence-corrected chi connectivity index (χ4v) is 2.42. The lowest BCUT2D eigenvalue weighted by Gasteiger charge is -2.18. The minimum absolute atomic E-state index is 0.722. The quantitative estimate of drug-likeness (QED) is 0.460. The summed E-state index contributed by atoms with van der Waals surface area (Å²) in [6.07, 6.45) is 3.18. The van der Waals surface area contributed by atoms with Crippen molar-refractivity contribution in [2.75, 3.05) is 45.1 Å². The SMILES string of the molecule is CCCOc1ccc(CCCNCCN(CC)CC)cc1N. The zero-order chi connectivity index (χ0) is 16.2. The van der Waals surface area contributed by atoms with Gasteiger partial charge in [0.2, 0.25) is 0 Å². The first-order valence-corrected chi connectivity index (χ1v) is 8.65. The van der Waals surface area contributed by atoms with Crippen LogP contribution in [-0.4, -0.2) is 44.2 Å². The molecule has 0 heterocycles. The van der Waals surface area contributed by atoms with Gasteiger partial charge in [0.15, 0.2) is 0 Å². The number of benzene rings is 1. The normalized spacial score (nSPS) is 11.1. The van der Waals surface area contributed by atoms with Crippen LogP contribution in [0.2, 0.25) is 0 Å². The fourth-order valence-electron chi connectivity index (χ4n) is 2.42. The number of nitrogens with one attached hydrogen (secondary N) is 1. The number of hydrogen-bond acceptors (Lipinski definition) is 4. The van der Waals surface area contributed by atoms with Gasteiger partial charge in [-0.3, -0.25) is 0 Å². The Kier molecular flexibility index (Phi) is 9.67. The van der Waals surface area contributed by atoms with Crippen molar-refractivity contribution in [2.24, 2.45) is 0 Å². The molecule has 1 aromatic rings. The van der Waals surface area contributed by atoms with Gasteiger partial charge in [0.1, 0.15) is 5.75 Å². The van der Waals surface area contributed by atoms with E-state index in [0.717, 1.165) is 70.0 Å². The summed E-state index contributed by atoms with van der Waals surface area (Å²) in [6.45, 7) is 12.7. The van der Waals surface area contributed by atoms with E-state index in [-0.39, 0.29) is 0 Å². The van der Waals surface area contributed by atoms with Crippen molar-refractivity contribution in [1.82, 2.24) is 10.2 Å². The average molecular weight is 307 g/mol. The summed E-state index contributed by atoms with van der Waals surface area (Å²) in [4.78, 5) is 2.43. The third-order valence-corrected chi connectivity index (χ3v) is 3.85. The molecule has 4 heteroatoms. The van der Waals surface area contributed by atoms with Crippen LogP contribution >= 0.6 is 0 Å². The van der Waals surface area contributed by atoms with E-state index >= 15 is 0 Å². The lowest BCUT2D eigenvalue weighted by molar-refractivity contribution is 0.302. The predicted molar refractivity (Wildman–Crippen MR) is 95.6 cm³/mol. The Labute approximate surface area is 136 Å². The molecule has 1 rings (SSSR count). The molecule has 0 saturated heterocycles. The van der Waals surface area contributed by atoms with Crippen LogP contribution in [0.25, 0.3) is 0 Å². The predicted octanol–water partition coefficient (Wildman–Crippen LogP) is 2.92. The third kappa shape index (κ3) is 7.14. The smallest absolute Gasteiger partial charge is 0.142 e. The molecule has 0 amide bonds. The van der Waals surface area contributed by atoms with Crippen molar-refractivity contribution in [2.45, 2.75) is 40.0 Å². The zero-order valence-electron chi connectivity index (χ0n) is 14.5. The van der Waals surface area contributed by atoms with Crippen molar-refractivity contribution < 1.29 is 4.74 Å². The molecule has 1 aromatic carbocycles. The maximum atomic E-state index is 6.03. The number of ether oxygens (including phenoxy) is 1. The summed E-state index contributed by atoms with van der Waals surface area (Å²) in [6, 6.07) is 6.16. The summed E-state index contributed by atoms with van der Waals surface area (Å²) in [5, 5.41) is 3.51. The highest BCUT2D eigenvalue weighted by Crippen LogP contribution is 2.23. The van der Waals surface area contributed by atoms with Gasteiger partial charge in [-0.1, -0.05) is 26.8 Å². The first-order chi connectivity index (χ1) is 10.7. The molecule has 0 bridgehead atoms. The topological polar surface area (TPSA) is 50.5 Å². The van der Waals surface area contributed by atoms with Crippen molar-refractivity contribution in [3.05, 3.63) is 23.8 Å². The monoisotopic (exact) mass is 307 g/mol.